The Balaban J connectivity index is 3.35. The van der Waals surface area contributed by atoms with Crippen molar-refractivity contribution in [1.29, 1.82) is 0 Å². The van der Waals surface area contributed by atoms with Crippen molar-refractivity contribution in [3.05, 3.63) is 0 Å². The molecule has 0 aliphatic carbocycles. The van der Waals surface area contributed by atoms with E-state index in [1.807, 2.05) is 0 Å². The van der Waals surface area contributed by atoms with Crippen molar-refractivity contribution in [3.8, 4) is 0 Å². The van der Waals surface area contributed by atoms with Gasteiger partial charge in [-0.1, -0.05) is 13.8 Å². The molecule has 0 saturated heterocycles. The maximum absolute atomic E-state index is 3.48. The van der Waals surface area contributed by atoms with Crippen LogP contribution in [-0.2, 0) is 0 Å². The van der Waals surface area contributed by atoms with Gasteiger partial charge in [-0.3, -0.25) is 0 Å². The lowest BCUT2D eigenvalue weighted by Gasteiger charge is -2.23. The van der Waals surface area contributed by atoms with Crippen LogP contribution < -0.4 is 5.32 Å². The number of nitrogens with one attached hydrogen (secondary N) is 1. The van der Waals surface area contributed by atoms with Gasteiger partial charge in [-0.25, -0.2) is 0 Å². The minimum absolute atomic E-state index is 0.631. The van der Waals surface area contributed by atoms with Crippen LogP contribution in [0.5, 0.6) is 0 Å². The first-order valence-corrected chi connectivity index (χ1v) is 5.71. The second-order valence-electron chi connectivity index (χ2n) is 4.02. The maximum Gasteiger partial charge on any atom is 0.0189 e. The molecule has 0 radical (unpaired) electrons. The van der Waals surface area contributed by atoms with E-state index < -0.39 is 0 Å². The fourth-order valence-corrected chi connectivity index (χ4v) is 1.21. The fourth-order valence-electron chi connectivity index (χ4n) is 1.21. The predicted molar refractivity (Wildman–Crippen MR) is 63.8 cm³/mol. The van der Waals surface area contributed by atoms with E-state index in [9.17, 15) is 0 Å². The summed E-state index contributed by atoms with van der Waals surface area (Å²) >= 11 is 0. The van der Waals surface area contributed by atoms with Gasteiger partial charge in [0, 0.05) is 25.7 Å². The average molecular weight is 201 g/mol. The van der Waals surface area contributed by atoms with Crippen molar-refractivity contribution in [2.24, 2.45) is 0 Å². The number of hydrogen-bond donors (Lipinski definition) is 1. The third kappa shape index (κ3) is 6.35. The van der Waals surface area contributed by atoms with E-state index in [-0.39, 0.29) is 0 Å². The van der Waals surface area contributed by atoms with Crippen molar-refractivity contribution in [2.45, 2.75) is 26.8 Å². The highest BCUT2D eigenvalue weighted by Gasteiger charge is 2.05. The molecule has 0 aromatic carbocycles. The summed E-state index contributed by atoms with van der Waals surface area (Å²) in [6.45, 7) is 12.2. The van der Waals surface area contributed by atoms with Gasteiger partial charge in [0.2, 0.25) is 0 Å². The molecule has 0 heterocycles. The van der Waals surface area contributed by atoms with E-state index in [1.165, 1.54) is 0 Å². The Labute approximate surface area is 89.5 Å². The highest BCUT2D eigenvalue weighted by atomic mass is 15.1. The van der Waals surface area contributed by atoms with E-state index in [2.05, 4.69) is 50.0 Å². The summed E-state index contributed by atoms with van der Waals surface area (Å²) in [6, 6.07) is 0.631. The van der Waals surface area contributed by atoms with E-state index in [0.29, 0.717) is 6.04 Å². The Morgan fingerprint density at radius 1 is 1.14 bits per heavy atom. The Hall–Kier alpha value is -0.120. The van der Waals surface area contributed by atoms with Gasteiger partial charge in [0.05, 0.1) is 0 Å². The zero-order chi connectivity index (χ0) is 11.0. The molecular formula is C11H27N3. The summed E-state index contributed by atoms with van der Waals surface area (Å²) in [4.78, 5) is 4.68. The second kappa shape index (κ2) is 8.21. The summed E-state index contributed by atoms with van der Waals surface area (Å²) in [5, 5.41) is 3.48. The van der Waals surface area contributed by atoms with Gasteiger partial charge in [0.25, 0.3) is 0 Å². The molecule has 0 spiro atoms. The molecule has 14 heavy (non-hydrogen) atoms. The summed E-state index contributed by atoms with van der Waals surface area (Å²) < 4.78 is 0. The SMILES string of the molecule is CCN(C)CCNCC(C)N(C)CC. The molecule has 1 N–H and O–H groups in total. The van der Waals surface area contributed by atoms with E-state index in [4.69, 9.17) is 0 Å². The lowest BCUT2D eigenvalue weighted by molar-refractivity contribution is 0.258. The maximum atomic E-state index is 3.48. The monoisotopic (exact) mass is 201 g/mol. The summed E-state index contributed by atoms with van der Waals surface area (Å²) in [6.07, 6.45) is 0. The van der Waals surface area contributed by atoms with E-state index in [0.717, 1.165) is 32.7 Å². The van der Waals surface area contributed by atoms with Crippen LogP contribution in [0, 0.1) is 0 Å². The smallest absolute Gasteiger partial charge is 0.0189 e. The van der Waals surface area contributed by atoms with Crippen LogP contribution in [0.1, 0.15) is 20.8 Å². The lowest BCUT2D eigenvalue weighted by atomic mass is 10.3. The number of hydrogen-bond acceptors (Lipinski definition) is 3. The van der Waals surface area contributed by atoms with Crippen LogP contribution in [0.3, 0.4) is 0 Å². The highest BCUT2D eigenvalue weighted by Crippen LogP contribution is 1.91. The molecule has 0 saturated carbocycles. The highest BCUT2D eigenvalue weighted by molar-refractivity contribution is 4.65. The predicted octanol–water partition coefficient (Wildman–Crippen LogP) is 0.868. The van der Waals surface area contributed by atoms with Crippen LogP contribution in [-0.4, -0.2) is 62.7 Å². The molecule has 3 heteroatoms. The molecule has 0 aliphatic heterocycles. The molecular weight excluding hydrogens is 174 g/mol. The molecule has 86 valence electrons. The van der Waals surface area contributed by atoms with Gasteiger partial charge >= 0.3 is 0 Å². The zero-order valence-corrected chi connectivity index (χ0v) is 10.5. The van der Waals surface area contributed by atoms with Crippen molar-refractivity contribution in [2.75, 3.05) is 46.8 Å². The van der Waals surface area contributed by atoms with Crippen LogP contribution in [0.25, 0.3) is 0 Å². The minimum Gasteiger partial charge on any atom is -0.314 e. The Kier molecular flexibility index (Phi) is 8.14. The van der Waals surface area contributed by atoms with Crippen molar-refractivity contribution in [1.82, 2.24) is 15.1 Å². The van der Waals surface area contributed by atoms with Gasteiger partial charge in [-0.05, 0) is 34.1 Å². The first kappa shape index (κ1) is 13.9. The Bertz CT molecular complexity index is 128. The van der Waals surface area contributed by atoms with E-state index >= 15 is 0 Å². The van der Waals surface area contributed by atoms with Crippen LogP contribution in [0.4, 0.5) is 0 Å². The van der Waals surface area contributed by atoms with Crippen LogP contribution >= 0.6 is 0 Å². The topological polar surface area (TPSA) is 18.5 Å². The molecule has 0 fully saturated rings. The third-order valence-corrected chi connectivity index (χ3v) is 2.90. The average Bonchev–Trinajstić information content (AvgIpc) is 2.22. The van der Waals surface area contributed by atoms with Crippen LogP contribution in [0.15, 0.2) is 0 Å². The Morgan fingerprint density at radius 2 is 1.79 bits per heavy atom. The zero-order valence-electron chi connectivity index (χ0n) is 10.5. The first-order valence-electron chi connectivity index (χ1n) is 5.71. The fraction of sp³-hybridized carbons (Fsp3) is 1.00. The van der Waals surface area contributed by atoms with Gasteiger partial charge in [-0.15, -0.1) is 0 Å². The van der Waals surface area contributed by atoms with Gasteiger partial charge in [0.1, 0.15) is 0 Å². The number of rotatable bonds is 8. The molecule has 0 aromatic rings. The molecule has 1 atom stereocenters. The minimum atomic E-state index is 0.631. The molecule has 0 aromatic heterocycles. The quantitative estimate of drug-likeness (QED) is 0.588. The summed E-state index contributed by atoms with van der Waals surface area (Å²) in [7, 11) is 4.33. The standard InChI is InChI=1S/C11H27N3/c1-6-13(4)9-8-12-10-11(3)14(5)7-2/h11-12H,6-10H2,1-5H3. The van der Waals surface area contributed by atoms with Crippen molar-refractivity contribution < 1.29 is 0 Å². The molecule has 0 amide bonds. The van der Waals surface area contributed by atoms with Crippen molar-refractivity contribution in [3.63, 3.8) is 0 Å². The summed E-state index contributed by atoms with van der Waals surface area (Å²) in [5.74, 6) is 0. The lowest BCUT2D eigenvalue weighted by Crippen LogP contribution is -2.40. The molecule has 0 rings (SSSR count). The summed E-state index contributed by atoms with van der Waals surface area (Å²) in [5.41, 5.74) is 0. The first-order chi connectivity index (χ1) is 6.61. The Morgan fingerprint density at radius 3 is 2.29 bits per heavy atom. The molecule has 1 unspecified atom stereocenters. The normalized spacial score (nSPS) is 13.9. The largest absolute Gasteiger partial charge is 0.314 e. The second-order valence-corrected chi connectivity index (χ2v) is 4.02. The van der Waals surface area contributed by atoms with Crippen LogP contribution in [0.2, 0.25) is 0 Å². The molecule has 3 nitrogen and oxygen atoms in total. The third-order valence-electron chi connectivity index (χ3n) is 2.90. The molecule has 0 bridgehead atoms. The number of nitrogens with zero attached hydrogens (tertiary/aromatic N) is 2. The van der Waals surface area contributed by atoms with Gasteiger partial charge in [-0.2, -0.15) is 0 Å². The number of likely N-dealkylation sites (N-methyl/N-ethyl adjacent to an activating group) is 2. The molecule has 0 aliphatic rings. The van der Waals surface area contributed by atoms with Gasteiger partial charge in [0.15, 0.2) is 0 Å². The van der Waals surface area contributed by atoms with Gasteiger partial charge < -0.3 is 15.1 Å². The van der Waals surface area contributed by atoms with Crippen molar-refractivity contribution >= 4 is 0 Å². The van der Waals surface area contributed by atoms with E-state index in [1.54, 1.807) is 0 Å².